The second-order valence-electron chi connectivity index (χ2n) is 7.81. The van der Waals surface area contributed by atoms with Crippen LogP contribution >= 0.6 is 0 Å². The molecule has 1 aliphatic heterocycles. The molecular formula is C18H34N6O. The first kappa shape index (κ1) is 18.7. The smallest absolute Gasteiger partial charge is 0.168 e. The number of aromatic nitrogens is 4. The third-order valence-electron chi connectivity index (χ3n) is 5.80. The minimum Gasteiger partial charge on any atom is -0.383 e. The van der Waals surface area contributed by atoms with Crippen molar-refractivity contribution in [2.24, 2.45) is 5.92 Å². The van der Waals surface area contributed by atoms with Gasteiger partial charge in [-0.15, -0.1) is 5.10 Å². The first-order chi connectivity index (χ1) is 12.2. The van der Waals surface area contributed by atoms with Crippen molar-refractivity contribution in [1.82, 2.24) is 30.0 Å². The molecule has 7 heteroatoms. The van der Waals surface area contributed by atoms with E-state index >= 15 is 0 Å². The van der Waals surface area contributed by atoms with Crippen LogP contribution < -0.4 is 0 Å². The Morgan fingerprint density at radius 3 is 2.44 bits per heavy atom. The monoisotopic (exact) mass is 350 g/mol. The first-order valence-electron chi connectivity index (χ1n) is 9.93. The van der Waals surface area contributed by atoms with E-state index in [1.807, 2.05) is 4.68 Å². The quantitative estimate of drug-likeness (QED) is 0.749. The van der Waals surface area contributed by atoms with Crippen LogP contribution in [0, 0.1) is 5.92 Å². The number of nitrogens with zero attached hydrogens (tertiary/aromatic N) is 6. The summed E-state index contributed by atoms with van der Waals surface area (Å²) in [4.78, 5) is 5.31. The molecular weight excluding hydrogens is 316 g/mol. The fraction of sp³-hybridized carbons (Fsp3) is 0.944. The molecule has 2 heterocycles. The molecule has 0 radical (unpaired) electrons. The highest BCUT2D eigenvalue weighted by molar-refractivity contribution is 4.97. The normalized spacial score (nSPS) is 22.6. The highest BCUT2D eigenvalue weighted by Gasteiger charge is 2.33. The average molecular weight is 351 g/mol. The van der Waals surface area contributed by atoms with E-state index in [9.17, 15) is 0 Å². The zero-order valence-corrected chi connectivity index (χ0v) is 16.1. The van der Waals surface area contributed by atoms with Gasteiger partial charge >= 0.3 is 0 Å². The minimum absolute atomic E-state index is 0.278. The first-order valence-corrected chi connectivity index (χ1v) is 9.93. The Labute approximate surface area is 151 Å². The minimum atomic E-state index is 0.278. The van der Waals surface area contributed by atoms with Crippen LogP contribution in [0.5, 0.6) is 0 Å². The SMILES string of the molecule is COCCn1nnnc1[C@@H](C(C)C)N1CCN(C2CCCCC2)CC1. The zero-order chi connectivity index (χ0) is 17.6. The van der Waals surface area contributed by atoms with Crippen LogP contribution in [-0.2, 0) is 11.3 Å². The Morgan fingerprint density at radius 1 is 1.08 bits per heavy atom. The van der Waals surface area contributed by atoms with E-state index < -0.39 is 0 Å². The standard InChI is InChI=1S/C18H34N6O/c1-15(2)17(18-19-20-21-24(18)13-14-25-3)23-11-9-22(10-12-23)16-7-5-4-6-8-16/h15-17H,4-14H2,1-3H3/t17-/m1/s1. The van der Waals surface area contributed by atoms with Gasteiger partial charge in [-0.1, -0.05) is 33.1 Å². The lowest BCUT2D eigenvalue weighted by Crippen LogP contribution is -2.52. The molecule has 142 valence electrons. The van der Waals surface area contributed by atoms with Crippen molar-refractivity contribution < 1.29 is 4.74 Å². The second-order valence-corrected chi connectivity index (χ2v) is 7.81. The molecule has 0 unspecified atom stereocenters. The molecule has 1 aromatic rings. The van der Waals surface area contributed by atoms with Crippen molar-refractivity contribution in [3.63, 3.8) is 0 Å². The molecule has 25 heavy (non-hydrogen) atoms. The fourth-order valence-corrected chi connectivity index (χ4v) is 4.47. The number of ether oxygens (including phenoxy) is 1. The van der Waals surface area contributed by atoms with Crippen molar-refractivity contribution in [3.05, 3.63) is 5.82 Å². The maximum Gasteiger partial charge on any atom is 0.168 e. The Hall–Kier alpha value is -1.05. The lowest BCUT2D eigenvalue weighted by molar-refractivity contribution is 0.0388. The summed E-state index contributed by atoms with van der Waals surface area (Å²) in [6.07, 6.45) is 7.03. The number of hydrogen-bond acceptors (Lipinski definition) is 6. The van der Waals surface area contributed by atoms with Crippen molar-refractivity contribution >= 4 is 0 Å². The zero-order valence-electron chi connectivity index (χ0n) is 16.1. The summed E-state index contributed by atoms with van der Waals surface area (Å²) >= 11 is 0. The van der Waals surface area contributed by atoms with Gasteiger partial charge in [-0.25, -0.2) is 4.68 Å². The van der Waals surface area contributed by atoms with Gasteiger partial charge in [0.2, 0.25) is 0 Å². The second kappa shape index (κ2) is 9.05. The van der Waals surface area contributed by atoms with Gasteiger partial charge in [0.25, 0.3) is 0 Å². The summed E-state index contributed by atoms with van der Waals surface area (Å²) in [5.74, 6) is 1.46. The molecule has 0 amide bonds. The van der Waals surface area contributed by atoms with E-state index in [2.05, 4.69) is 39.2 Å². The van der Waals surface area contributed by atoms with E-state index in [0.29, 0.717) is 19.1 Å². The molecule has 0 N–H and O–H groups in total. The van der Waals surface area contributed by atoms with Gasteiger partial charge in [-0.05, 0) is 29.2 Å². The molecule has 1 aromatic heterocycles. The van der Waals surface area contributed by atoms with Crippen LogP contribution in [0.3, 0.4) is 0 Å². The largest absolute Gasteiger partial charge is 0.383 e. The molecule has 0 aromatic carbocycles. The molecule has 1 saturated heterocycles. The lowest BCUT2D eigenvalue weighted by Gasteiger charge is -2.43. The van der Waals surface area contributed by atoms with Crippen LogP contribution in [0.15, 0.2) is 0 Å². The number of piperazine rings is 1. The number of hydrogen-bond donors (Lipinski definition) is 0. The van der Waals surface area contributed by atoms with Gasteiger partial charge in [0, 0.05) is 39.3 Å². The summed E-state index contributed by atoms with van der Waals surface area (Å²) in [5, 5.41) is 12.5. The number of rotatable bonds is 7. The van der Waals surface area contributed by atoms with E-state index in [0.717, 1.165) is 25.0 Å². The third-order valence-corrected chi connectivity index (χ3v) is 5.80. The van der Waals surface area contributed by atoms with Crippen LogP contribution in [0.4, 0.5) is 0 Å². The van der Waals surface area contributed by atoms with Crippen LogP contribution in [0.1, 0.15) is 57.8 Å². The summed E-state index contributed by atoms with van der Waals surface area (Å²) < 4.78 is 7.12. The van der Waals surface area contributed by atoms with Gasteiger partial charge in [0.05, 0.1) is 19.2 Å². The average Bonchev–Trinajstić information content (AvgIpc) is 3.09. The Kier molecular flexibility index (Phi) is 6.78. The molecule has 1 saturated carbocycles. The summed E-state index contributed by atoms with van der Waals surface area (Å²) in [7, 11) is 1.72. The molecule has 1 aliphatic carbocycles. The molecule has 1 atom stereocenters. The number of methoxy groups -OCH3 is 1. The maximum atomic E-state index is 5.20. The molecule has 0 bridgehead atoms. The summed E-state index contributed by atoms with van der Waals surface area (Å²) in [6, 6.07) is 1.10. The predicted molar refractivity (Wildman–Crippen MR) is 97.3 cm³/mol. The topological polar surface area (TPSA) is 59.3 Å². The molecule has 2 aliphatic rings. The summed E-state index contributed by atoms with van der Waals surface area (Å²) in [6.45, 7) is 10.5. The Balaban J connectivity index is 1.63. The molecule has 2 fully saturated rings. The predicted octanol–water partition coefficient (Wildman–Crippen LogP) is 1.97. The molecule has 3 rings (SSSR count). The van der Waals surface area contributed by atoms with Crippen molar-refractivity contribution in [2.75, 3.05) is 39.9 Å². The third kappa shape index (κ3) is 4.57. The fourth-order valence-electron chi connectivity index (χ4n) is 4.47. The van der Waals surface area contributed by atoms with Gasteiger partial charge in [-0.2, -0.15) is 0 Å². The van der Waals surface area contributed by atoms with Crippen molar-refractivity contribution in [2.45, 2.75) is 64.6 Å². The highest BCUT2D eigenvalue weighted by atomic mass is 16.5. The molecule has 0 spiro atoms. The van der Waals surface area contributed by atoms with Gasteiger partial charge in [0.1, 0.15) is 0 Å². The van der Waals surface area contributed by atoms with Gasteiger partial charge in [-0.3, -0.25) is 9.80 Å². The Bertz CT molecular complexity index is 505. The summed E-state index contributed by atoms with van der Waals surface area (Å²) in [5.41, 5.74) is 0. The van der Waals surface area contributed by atoms with E-state index in [1.54, 1.807) is 7.11 Å². The molecule has 7 nitrogen and oxygen atoms in total. The van der Waals surface area contributed by atoms with E-state index in [-0.39, 0.29) is 6.04 Å². The van der Waals surface area contributed by atoms with Gasteiger partial charge < -0.3 is 4.74 Å². The van der Waals surface area contributed by atoms with Crippen molar-refractivity contribution in [1.29, 1.82) is 0 Å². The van der Waals surface area contributed by atoms with E-state index in [1.165, 1.54) is 45.2 Å². The van der Waals surface area contributed by atoms with Crippen molar-refractivity contribution in [3.8, 4) is 0 Å². The Morgan fingerprint density at radius 2 is 1.80 bits per heavy atom. The van der Waals surface area contributed by atoms with Gasteiger partial charge in [0.15, 0.2) is 5.82 Å². The lowest BCUT2D eigenvalue weighted by atomic mass is 9.93. The van der Waals surface area contributed by atoms with Crippen LogP contribution in [0.25, 0.3) is 0 Å². The maximum absolute atomic E-state index is 5.20. The highest BCUT2D eigenvalue weighted by Crippen LogP contribution is 2.29. The number of tetrazole rings is 1. The van der Waals surface area contributed by atoms with Crippen LogP contribution in [-0.4, -0.2) is 75.9 Å². The van der Waals surface area contributed by atoms with E-state index in [4.69, 9.17) is 4.74 Å². The van der Waals surface area contributed by atoms with Crippen LogP contribution in [0.2, 0.25) is 0 Å².